The Balaban J connectivity index is 1.80. The Hall–Kier alpha value is -3.35. The highest BCUT2D eigenvalue weighted by atomic mass is 16.5. The van der Waals surface area contributed by atoms with Gasteiger partial charge in [-0.15, -0.1) is 0 Å². The normalized spacial score (nSPS) is 12.0. The standard InChI is InChI=1S/C20H19N3O4/c1-10-17(12(3)24)11(2)23-18(10)19(25)13(4)27-20(26)14-5-6-15-16(9-14)22-8-7-21-15/h5-9,13,23H,1-4H3/t13-/m0/s1. The fourth-order valence-corrected chi connectivity index (χ4v) is 3.10. The van der Waals surface area contributed by atoms with Crippen LogP contribution in [0.15, 0.2) is 30.6 Å². The molecule has 138 valence electrons. The number of fused-ring (bicyclic) bond motifs is 1. The molecule has 1 N–H and O–H groups in total. The van der Waals surface area contributed by atoms with Crippen molar-refractivity contribution in [2.45, 2.75) is 33.8 Å². The number of carbonyl (C=O) groups is 3. The quantitative estimate of drug-likeness (QED) is 0.550. The Labute approximate surface area is 155 Å². The predicted molar refractivity (Wildman–Crippen MR) is 99.0 cm³/mol. The summed E-state index contributed by atoms with van der Waals surface area (Å²) < 4.78 is 5.32. The number of ketones is 2. The second-order valence-corrected chi connectivity index (χ2v) is 6.35. The Morgan fingerprint density at radius 2 is 1.74 bits per heavy atom. The molecule has 3 rings (SSSR count). The van der Waals surface area contributed by atoms with Gasteiger partial charge in [-0.3, -0.25) is 19.6 Å². The molecule has 7 nitrogen and oxygen atoms in total. The van der Waals surface area contributed by atoms with Gasteiger partial charge in [-0.25, -0.2) is 4.79 Å². The summed E-state index contributed by atoms with van der Waals surface area (Å²) in [4.78, 5) is 48.1. The lowest BCUT2D eigenvalue weighted by Gasteiger charge is -2.12. The minimum atomic E-state index is -1.01. The molecular weight excluding hydrogens is 346 g/mol. The van der Waals surface area contributed by atoms with E-state index in [-0.39, 0.29) is 17.0 Å². The summed E-state index contributed by atoms with van der Waals surface area (Å²) in [5.74, 6) is -1.14. The van der Waals surface area contributed by atoms with E-state index in [2.05, 4.69) is 15.0 Å². The van der Waals surface area contributed by atoms with Gasteiger partial charge in [0.1, 0.15) is 0 Å². The number of hydrogen-bond acceptors (Lipinski definition) is 6. The van der Waals surface area contributed by atoms with E-state index >= 15 is 0 Å². The van der Waals surface area contributed by atoms with Gasteiger partial charge in [-0.05, 0) is 51.5 Å². The molecule has 3 aromatic rings. The van der Waals surface area contributed by atoms with Crippen molar-refractivity contribution in [1.29, 1.82) is 0 Å². The molecule has 0 fully saturated rings. The largest absolute Gasteiger partial charge is 0.451 e. The molecule has 7 heteroatoms. The number of nitrogens with one attached hydrogen (secondary N) is 1. The molecule has 0 aliphatic rings. The fourth-order valence-electron chi connectivity index (χ4n) is 3.10. The van der Waals surface area contributed by atoms with Crippen molar-refractivity contribution >= 4 is 28.6 Å². The molecule has 0 saturated carbocycles. The summed E-state index contributed by atoms with van der Waals surface area (Å²) in [5.41, 5.74) is 3.46. The summed E-state index contributed by atoms with van der Waals surface area (Å²) in [6.07, 6.45) is 2.09. The number of carbonyl (C=O) groups excluding carboxylic acids is 3. The zero-order valence-corrected chi connectivity index (χ0v) is 15.5. The van der Waals surface area contributed by atoms with Crippen LogP contribution in [-0.4, -0.2) is 38.6 Å². The molecule has 1 atom stereocenters. The topological polar surface area (TPSA) is 102 Å². The van der Waals surface area contributed by atoms with Gasteiger partial charge in [0, 0.05) is 23.7 Å². The third kappa shape index (κ3) is 3.48. The summed E-state index contributed by atoms with van der Waals surface area (Å²) >= 11 is 0. The number of aryl methyl sites for hydroxylation is 1. The number of ether oxygens (including phenoxy) is 1. The van der Waals surface area contributed by atoms with E-state index in [0.29, 0.717) is 27.9 Å². The average molecular weight is 365 g/mol. The van der Waals surface area contributed by atoms with E-state index < -0.39 is 17.9 Å². The van der Waals surface area contributed by atoms with Crippen LogP contribution in [0.3, 0.4) is 0 Å². The van der Waals surface area contributed by atoms with Crippen LogP contribution >= 0.6 is 0 Å². The van der Waals surface area contributed by atoms with Gasteiger partial charge < -0.3 is 9.72 Å². The van der Waals surface area contributed by atoms with E-state index in [1.807, 2.05) is 0 Å². The van der Waals surface area contributed by atoms with Crippen molar-refractivity contribution in [2.75, 3.05) is 0 Å². The van der Waals surface area contributed by atoms with Crippen LogP contribution in [0.4, 0.5) is 0 Å². The second-order valence-electron chi connectivity index (χ2n) is 6.35. The van der Waals surface area contributed by atoms with Crippen LogP contribution in [0.5, 0.6) is 0 Å². The first kappa shape index (κ1) is 18.4. The van der Waals surface area contributed by atoms with Gasteiger partial charge in [0.25, 0.3) is 0 Å². The summed E-state index contributed by atoms with van der Waals surface area (Å²) in [7, 11) is 0. The van der Waals surface area contributed by atoms with Crippen LogP contribution in [0.25, 0.3) is 11.0 Å². The molecule has 27 heavy (non-hydrogen) atoms. The molecule has 0 amide bonds. The number of H-pyrrole nitrogens is 1. The number of hydrogen-bond donors (Lipinski definition) is 1. The minimum absolute atomic E-state index is 0.123. The van der Waals surface area contributed by atoms with E-state index in [1.54, 1.807) is 38.2 Å². The molecule has 0 aliphatic carbocycles. The maximum atomic E-state index is 12.7. The molecule has 0 spiro atoms. The SMILES string of the molecule is CC(=O)c1c(C)[nH]c(C(=O)[C@H](C)OC(=O)c2ccc3nccnc3c2)c1C. The first-order valence-corrected chi connectivity index (χ1v) is 8.45. The first-order chi connectivity index (χ1) is 12.8. The molecule has 2 heterocycles. The summed E-state index contributed by atoms with van der Waals surface area (Å²) in [6, 6.07) is 4.82. The maximum Gasteiger partial charge on any atom is 0.338 e. The second kappa shape index (κ2) is 7.11. The fraction of sp³-hybridized carbons (Fsp3) is 0.250. The summed E-state index contributed by atoms with van der Waals surface area (Å²) in [6.45, 7) is 6.38. The van der Waals surface area contributed by atoms with Crippen molar-refractivity contribution in [3.05, 3.63) is 58.7 Å². The van der Waals surface area contributed by atoms with Gasteiger partial charge in [-0.1, -0.05) is 0 Å². The number of Topliss-reactive ketones (excluding diaryl/α,β-unsaturated/α-hetero) is 2. The zero-order chi connectivity index (χ0) is 19.7. The van der Waals surface area contributed by atoms with Crippen molar-refractivity contribution in [3.63, 3.8) is 0 Å². The van der Waals surface area contributed by atoms with Crippen LogP contribution in [0, 0.1) is 13.8 Å². The Morgan fingerprint density at radius 1 is 1.07 bits per heavy atom. The number of benzene rings is 1. The van der Waals surface area contributed by atoms with Gasteiger partial charge in [0.2, 0.25) is 5.78 Å². The lowest BCUT2D eigenvalue weighted by atomic mass is 10.0. The molecule has 0 unspecified atom stereocenters. The highest BCUT2D eigenvalue weighted by molar-refractivity contribution is 6.05. The van der Waals surface area contributed by atoms with Crippen LogP contribution in [0.2, 0.25) is 0 Å². The Bertz CT molecular complexity index is 1070. The van der Waals surface area contributed by atoms with Crippen LogP contribution in [0.1, 0.15) is 56.3 Å². The van der Waals surface area contributed by atoms with E-state index in [0.717, 1.165) is 0 Å². The molecule has 2 aromatic heterocycles. The lowest BCUT2D eigenvalue weighted by Crippen LogP contribution is -2.25. The molecule has 0 radical (unpaired) electrons. The third-order valence-electron chi connectivity index (χ3n) is 4.39. The van der Waals surface area contributed by atoms with E-state index in [9.17, 15) is 14.4 Å². The third-order valence-corrected chi connectivity index (χ3v) is 4.39. The van der Waals surface area contributed by atoms with Crippen LogP contribution in [-0.2, 0) is 4.74 Å². The lowest BCUT2D eigenvalue weighted by molar-refractivity contribution is 0.0317. The Kier molecular flexibility index (Phi) is 4.85. The molecule has 0 bridgehead atoms. The highest BCUT2D eigenvalue weighted by Gasteiger charge is 2.26. The number of aromatic nitrogens is 3. The van der Waals surface area contributed by atoms with Gasteiger partial charge in [-0.2, -0.15) is 0 Å². The maximum absolute atomic E-state index is 12.7. The van der Waals surface area contributed by atoms with E-state index in [1.165, 1.54) is 20.0 Å². The van der Waals surface area contributed by atoms with Crippen molar-refractivity contribution in [3.8, 4) is 0 Å². The number of aromatic amines is 1. The predicted octanol–water partition coefficient (Wildman–Crippen LogP) is 3.21. The number of nitrogens with zero attached hydrogens (tertiary/aromatic N) is 2. The highest BCUT2D eigenvalue weighted by Crippen LogP contribution is 2.21. The van der Waals surface area contributed by atoms with Crippen molar-refractivity contribution < 1.29 is 19.1 Å². The first-order valence-electron chi connectivity index (χ1n) is 8.45. The summed E-state index contributed by atoms with van der Waals surface area (Å²) in [5, 5.41) is 0. The molecule has 1 aromatic carbocycles. The Morgan fingerprint density at radius 3 is 2.37 bits per heavy atom. The van der Waals surface area contributed by atoms with Crippen molar-refractivity contribution in [1.82, 2.24) is 15.0 Å². The van der Waals surface area contributed by atoms with Crippen LogP contribution < -0.4 is 0 Å². The smallest absolute Gasteiger partial charge is 0.338 e. The average Bonchev–Trinajstić information content (AvgIpc) is 2.94. The monoisotopic (exact) mass is 365 g/mol. The number of rotatable bonds is 5. The van der Waals surface area contributed by atoms with Gasteiger partial charge in [0.05, 0.1) is 22.3 Å². The molecular formula is C20H19N3O4. The molecule has 0 aliphatic heterocycles. The minimum Gasteiger partial charge on any atom is -0.451 e. The number of esters is 1. The van der Waals surface area contributed by atoms with Crippen molar-refractivity contribution in [2.24, 2.45) is 0 Å². The van der Waals surface area contributed by atoms with Gasteiger partial charge in [0.15, 0.2) is 11.9 Å². The van der Waals surface area contributed by atoms with E-state index in [4.69, 9.17) is 4.74 Å². The molecule has 0 saturated heterocycles. The zero-order valence-electron chi connectivity index (χ0n) is 15.5. The van der Waals surface area contributed by atoms with Gasteiger partial charge >= 0.3 is 5.97 Å².